The number of nitriles is 1. The monoisotopic (exact) mass is 410 g/mol. The summed E-state index contributed by atoms with van der Waals surface area (Å²) in [5.74, 6) is 0.0785. The maximum atomic E-state index is 12.5. The first-order valence-electron chi connectivity index (χ1n) is 9.48. The number of anilines is 1. The Kier molecular flexibility index (Phi) is 6.40. The standard InChI is InChI=1S/C22H23ClN4O2/c1-14-11-20(22(29)26-10-9-24)27(13-14)17-7-8-19(23)18(12-17)15-3-5-16(6-4-15)21(28)25-2/h3-8,12,14,20H,10-11,13H2,1-2H3,(H,25,28)(H,26,29)/t14-,20-/m0/s1. The number of carbonyl (C=O) groups is 2. The van der Waals surface area contributed by atoms with E-state index in [4.69, 9.17) is 16.9 Å². The summed E-state index contributed by atoms with van der Waals surface area (Å²) in [7, 11) is 1.59. The van der Waals surface area contributed by atoms with Crippen LogP contribution in [0.2, 0.25) is 5.02 Å². The van der Waals surface area contributed by atoms with E-state index in [-0.39, 0.29) is 24.4 Å². The lowest BCUT2D eigenvalue weighted by Crippen LogP contribution is -2.43. The van der Waals surface area contributed by atoms with Crippen LogP contribution in [-0.4, -0.2) is 38.0 Å². The molecule has 2 aromatic carbocycles. The van der Waals surface area contributed by atoms with Crippen molar-refractivity contribution in [2.24, 2.45) is 5.92 Å². The topological polar surface area (TPSA) is 85.2 Å². The van der Waals surface area contributed by atoms with Crippen LogP contribution in [0.25, 0.3) is 11.1 Å². The largest absolute Gasteiger partial charge is 0.359 e. The maximum Gasteiger partial charge on any atom is 0.251 e. The number of hydrogen-bond donors (Lipinski definition) is 2. The van der Waals surface area contributed by atoms with Crippen LogP contribution in [0.1, 0.15) is 23.7 Å². The number of carbonyl (C=O) groups excluding carboxylic acids is 2. The van der Waals surface area contributed by atoms with E-state index in [2.05, 4.69) is 22.5 Å². The molecule has 1 saturated heterocycles. The molecule has 2 atom stereocenters. The number of nitrogens with zero attached hydrogens (tertiary/aromatic N) is 2. The van der Waals surface area contributed by atoms with E-state index >= 15 is 0 Å². The Morgan fingerprint density at radius 2 is 1.97 bits per heavy atom. The van der Waals surface area contributed by atoms with Gasteiger partial charge in [0.15, 0.2) is 0 Å². The lowest BCUT2D eigenvalue weighted by molar-refractivity contribution is -0.122. The Bertz CT molecular complexity index is 952. The van der Waals surface area contributed by atoms with Gasteiger partial charge >= 0.3 is 0 Å². The Balaban J connectivity index is 1.91. The van der Waals surface area contributed by atoms with Gasteiger partial charge in [0, 0.05) is 35.4 Å². The summed E-state index contributed by atoms with van der Waals surface area (Å²) in [5.41, 5.74) is 3.21. The summed E-state index contributed by atoms with van der Waals surface area (Å²) in [6.07, 6.45) is 0.732. The highest BCUT2D eigenvalue weighted by molar-refractivity contribution is 6.33. The molecule has 1 fully saturated rings. The van der Waals surface area contributed by atoms with E-state index in [1.54, 1.807) is 19.2 Å². The van der Waals surface area contributed by atoms with E-state index in [0.29, 0.717) is 16.5 Å². The molecule has 7 heteroatoms. The fourth-order valence-corrected chi connectivity index (χ4v) is 3.91. The van der Waals surface area contributed by atoms with Crippen LogP contribution in [0.3, 0.4) is 0 Å². The second kappa shape index (κ2) is 8.97. The Morgan fingerprint density at radius 3 is 2.62 bits per heavy atom. The molecule has 0 unspecified atom stereocenters. The molecule has 1 aliphatic rings. The van der Waals surface area contributed by atoms with E-state index in [1.807, 2.05) is 36.4 Å². The molecule has 0 aliphatic carbocycles. The van der Waals surface area contributed by atoms with Crippen molar-refractivity contribution in [3.63, 3.8) is 0 Å². The van der Waals surface area contributed by atoms with Crippen molar-refractivity contribution < 1.29 is 9.59 Å². The predicted molar refractivity (Wildman–Crippen MR) is 114 cm³/mol. The first kappa shape index (κ1) is 20.7. The first-order valence-corrected chi connectivity index (χ1v) is 9.85. The van der Waals surface area contributed by atoms with Crippen molar-refractivity contribution in [3.05, 3.63) is 53.1 Å². The zero-order valence-corrected chi connectivity index (χ0v) is 17.2. The molecule has 0 bridgehead atoms. The molecule has 2 aromatic rings. The van der Waals surface area contributed by atoms with E-state index in [0.717, 1.165) is 29.8 Å². The summed E-state index contributed by atoms with van der Waals surface area (Å²) in [6.45, 7) is 2.86. The number of halogens is 1. The van der Waals surface area contributed by atoms with Crippen LogP contribution < -0.4 is 15.5 Å². The van der Waals surface area contributed by atoms with Gasteiger partial charge in [-0.1, -0.05) is 30.7 Å². The van der Waals surface area contributed by atoms with Gasteiger partial charge in [0.05, 0.1) is 6.07 Å². The van der Waals surface area contributed by atoms with Crippen LogP contribution in [0.4, 0.5) is 5.69 Å². The van der Waals surface area contributed by atoms with Crippen molar-refractivity contribution in [1.82, 2.24) is 10.6 Å². The fraction of sp³-hybridized carbons (Fsp3) is 0.318. The molecule has 29 heavy (non-hydrogen) atoms. The lowest BCUT2D eigenvalue weighted by atomic mass is 10.0. The lowest BCUT2D eigenvalue weighted by Gasteiger charge is -2.26. The van der Waals surface area contributed by atoms with Gasteiger partial charge in [-0.3, -0.25) is 9.59 Å². The van der Waals surface area contributed by atoms with Crippen molar-refractivity contribution in [3.8, 4) is 17.2 Å². The van der Waals surface area contributed by atoms with Gasteiger partial charge in [0.1, 0.15) is 12.6 Å². The normalized spacial score (nSPS) is 18.2. The molecule has 1 heterocycles. The summed E-state index contributed by atoms with van der Waals surface area (Å²) < 4.78 is 0. The zero-order chi connectivity index (χ0) is 21.0. The molecule has 6 nitrogen and oxygen atoms in total. The van der Waals surface area contributed by atoms with Gasteiger partial charge in [0.2, 0.25) is 5.91 Å². The van der Waals surface area contributed by atoms with Gasteiger partial charge in [-0.05, 0) is 48.2 Å². The molecular weight excluding hydrogens is 388 g/mol. The highest BCUT2D eigenvalue weighted by Gasteiger charge is 2.35. The van der Waals surface area contributed by atoms with Crippen LogP contribution in [0, 0.1) is 17.2 Å². The van der Waals surface area contributed by atoms with E-state index in [1.165, 1.54) is 0 Å². The number of benzene rings is 2. The average Bonchev–Trinajstić information content (AvgIpc) is 3.13. The number of amides is 2. The summed E-state index contributed by atoms with van der Waals surface area (Å²) in [5, 5.41) is 14.6. The molecular formula is C22H23ClN4O2. The van der Waals surface area contributed by atoms with Gasteiger partial charge in [-0.25, -0.2) is 0 Å². The number of hydrogen-bond acceptors (Lipinski definition) is 4. The third-order valence-corrected chi connectivity index (χ3v) is 5.45. The Labute approximate surface area is 175 Å². The minimum atomic E-state index is -0.317. The second-order valence-electron chi connectivity index (χ2n) is 7.21. The molecule has 2 amide bonds. The minimum Gasteiger partial charge on any atom is -0.359 e. The van der Waals surface area contributed by atoms with Gasteiger partial charge < -0.3 is 15.5 Å². The van der Waals surface area contributed by atoms with E-state index < -0.39 is 0 Å². The Morgan fingerprint density at radius 1 is 1.24 bits per heavy atom. The third kappa shape index (κ3) is 4.52. The minimum absolute atomic E-state index is 0.00110. The quantitative estimate of drug-likeness (QED) is 0.741. The average molecular weight is 411 g/mol. The first-order chi connectivity index (χ1) is 13.9. The van der Waals surface area contributed by atoms with Gasteiger partial charge in [-0.15, -0.1) is 0 Å². The molecule has 1 aliphatic heterocycles. The van der Waals surface area contributed by atoms with Crippen LogP contribution in [-0.2, 0) is 4.79 Å². The fourth-order valence-electron chi connectivity index (χ4n) is 3.68. The smallest absolute Gasteiger partial charge is 0.251 e. The SMILES string of the molecule is CNC(=O)c1ccc(-c2cc(N3C[C@@H](C)C[C@H]3C(=O)NCC#N)ccc2Cl)cc1. The number of rotatable bonds is 5. The highest BCUT2D eigenvalue weighted by atomic mass is 35.5. The Hall–Kier alpha value is -3.04. The molecule has 2 N–H and O–H groups in total. The molecule has 3 rings (SSSR count). The molecule has 150 valence electrons. The van der Waals surface area contributed by atoms with Crippen LogP contribution in [0.15, 0.2) is 42.5 Å². The summed E-state index contributed by atoms with van der Waals surface area (Å²) in [4.78, 5) is 26.3. The van der Waals surface area contributed by atoms with E-state index in [9.17, 15) is 9.59 Å². The predicted octanol–water partition coefficient (Wildman–Crippen LogP) is 3.22. The number of nitrogens with one attached hydrogen (secondary N) is 2. The molecule has 0 aromatic heterocycles. The molecule has 0 radical (unpaired) electrons. The van der Waals surface area contributed by atoms with Crippen LogP contribution >= 0.6 is 11.6 Å². The molecule has 0 saturated carbocycles. The maximum absolute atomic E-state index is 12.5. The summed E-state index contributed by atoms with van der Waals surface area (Å²) in [6, 6.07) is 14.6. The zero-order valence-electron chi connectivity index (χ0n) is 16.4. The van der Waals surface area contributed by atoms with Gasteiger partial charge in [0.25, 0.3) is 5.91 Å². The third-order valence-electron chi connectivity index (χ3n) is 5.12. The van der Waals surface area contributed by atoms with Crippen molar-refractivity contribution >= 4 is 29.1 Å². The van der Waals surface area contributed by atoms with Gasteiger partial charge in [-0.2, -0.15) is 5.26 Å². The van der Waals surface area contributed by atoms with Crippen molar-refractivity contribution in [2.75, 3.05) is 25.0 Å². The summed E-state index contributed by atoms with van der Waals surface area (Å²) >= 11 is 6.45. The second-order valence-corrected chi connectivity index (χ2v) is 7.61. The molecule has 0 spiro atoms. The van der Waals surface area contributed by atoms with Crippen molar-refractivity contribution in [2.45, 2.75) is 19.4 Å². The highest BCUT2D eigenvalue weighted by Crippen LogP contribution is 2.35. The van der Waals surface area contributed by atoms with Crippen LogP contribution in [0.5, 0.6) is 0 Å². The van der Waals surface area contributed by atoms with Crippen molar-refractivity contribution in [1.29, 1.82) is 5.26 Å².